The Morgan fingerprint density at radius 3 is 2.82 bits per heavy atom. The van der Waals surface area contributed by atoms with E-state index in [0.29, 0.717) is 17.6 Å². The Morgan fingerprint density at radius 1 is 1.21 bits per heavy atom. The first-order chi connectivity index (χ1) is 13.6. The van der Waals surface area contributed by atoms with Gasteiger partial charge in [0.25, 0.3) is 5.56 Å². The van der Waals surface area contributed by atoms with Crippen LogP contribution in [0, 0.1) is 0 Å². The van der Waals surface area contributed by atoms with E-state index < -0.39 is 0 Å². The molecule has 2 aromatic carbocycles. The Hall–Kier alpha value is -3.12. The summed E-state index contributed by atoms with van der Waals surface area (Å²) in [5.41, 5.74) is 5.19. The van der Waals surface area contributed by atoms with Crippen LogP contribution in [-0.2, 0) is 13.0 Å². The van der Waals surface area contributed by atoms with Gasteiger partial charge < -0.3 is 4.74 Å². The zero-order valence-corrected chi connectivity index (χ0v) is 16.2. The maximum atomic E-state index is 11.7. The number of halogens is 1. The lowest BCUT2D eigenvalue weighted by molar-refractivity contribution is 0.306. The molecule has 0 atom stereocenters. The van der Waals surface area contributed by atoms with E-state index in [1.54, 1.807) is 6.21 Å². The summed E-state index contributed by atoms with van der Waals surface area (Å²) in [4.78, 5) is 18.6. The molecule has 0 radical (unpaired) electrons. The van der Waals surface area contributed by atoms with E-state index in [1.807, 2.05) is 55.5 Å². The Bertz CT molecular complexity index is 1000. The molecule has 28 heavy (non-hydrogen) atoms. The Balaban J connectivity index is 1.61. The van der Waals surface area contributed by atoms with Crippen molar-refractivity contribution in [1.82, 2.24) is 9.97 Å². The number of hydrogen-bond donors (Lipinski definition) is 2. The first-order valence-corrected chi connectivity index (χ1v) is 9.37. The number of hydrazone groups is 1. The predicted molar refractivity (Wildman–Crippen MR) is 112 cm³/mol. The number of rotatable bonds is 8. The Kier molecular flexibility index (Phi) is 6.81. The molecule has 0 aliphatic rings. The number of benzene rings is 2. The van der Waals surface area contributed by atoms with Crippen molar-refractivity contribution in [3.05, 3.63) is 86.8 Å². The molecule has 3 rings (SSSR count). The lowest BCUT2D eigenvalue weighted by Gasteiger charge is -2.07. The lowest BCUT2D eigenvalue weighted by atomic mass is 10.2. The monoisotopic (exact) mass is 396 g/mol. The predicted octanol–water partition coefficient (Wildman–Crippen LogP) is 4.40. The molecule has 0 saturated carbocycles. The van der Waals surface area contributed by atoms with Crippen LogP contribution in [0.15, 0.2) is 64.5 Å². The van der Waals surface area contributed by atoms with E-state index in [0.717, 1.165) is 35.4 Å². The fourth-order valence-corrected chi connectivity index (χ4v) is 2.67. The summed E-state index contributed by atoms with van der Waals surface area (Å²) in [6.07, 6.45) is 3.30. The van der Waals surface area contributed by atoms with Crippen molar-refractivity contribution in [2.24, 2.45) is 5.10 Å². The number of H-pyrrole nitrogens is 1. The minimum atomic E-state index is -0.200. The second kappa shape index (κ2) is 9.71. The minimum absolute atomic E-state index is 0.200. The number of aryl methyl sites for hydroxylation is 1. The highest BCUT2D eigenvalue weighted by Crippen LogP contribution is 2.16. The van der Waals surface area contributed by atoms with Gasteiger partial charge in [0.15, 0.2) is 0 Å². The molecular weight excluding hydrogens is 376 g/mol. The number of hydrogen-bond acceptors (Lipinski definition) is 5. The van der Waals surface area contributed by atoms with Crippen LogP contribution in [0.3, 0.4) is 0 Å². The molecular formula is C21H21ClN4O2. The Morgan fingerprint density at radius 2 is 2.04 bits per heavy atom. The van der Waals surface area contributed by atoms with Crippen molar-refractivity contribution >= 4 is 23.8 Å². The molecule has 0 spiro atoms. The molecule has 0 aliphatic carbocycles. The number of anilines is 1. The van der Waals surface area contributed by atoms with Crippen LogP contribution >= 0.6 is 11.6 Å². The van der Waals surface area contributed by atoms with Gasteiger partial charge in [0.1, 0.15) is 12.4 Å². The van der Waals surface area contributed by atoms with Gasteiger partial charge in [-0.1, -0.05) is 49.2 Å². The molecule has 0 amide bonds. The third-order valence-corrected chi connectivity index (χ3v) is 4.11. The van der Waals surface area contributed by atoms with E-state index >= 15 is 0 Å². The van der Waals surface area contributed by atoms with Gasteiger partial charge in [0, 0.05) is 16.8 Å². The molecule has 6 nitrogen and oxygen atoms in total. The average molecular weight is 397 g/mol. The normalized spacial score (nSPS) is 10.9. The topological polar surface area (TPSA) is 79.4 Å². The number of aromatic amines is 1. The summed E-state index contributed by atoms with van der Waals surface area (Å²) < 4.78 is 5.81. The molecule has 0 fully saturated rings. The summed E-state index contributed by atoms with van der Waals surface area (Å²) in [5, 5.41) is 4.85. The Labute approximate surface area is 168 Å². The van der Waals surface area contributed by atoms with Gasteiger partial charge in [-0.2, -0.15) is 5.10 Å². The average Bonchev–Trinajstić information content (AvgIpc) is 2.68. The number of nitrogens with one attached hydrogen (secondary N) is 2. The number of nitrogens with zero attached hydrogens (tertiary/aromatic N) is 2. The van der Waals surface area contributed by atoms with Gasteiger partial charge in [0.2, 0.25) is 5.95 Å². The second-order valence-corrected chi connectivity index (χ2v) is 6.63. The van der Waals surface area contributed by atoms with Crippen molar-refractivity contribution in [3.63, 3.8) is 0 Å². The highest BCUT2D eigenvalue weighted by atomic mass is 35.5. The molecule has 0 bridgehead atoms. The van der Waals surface area contributed by atoms with Crippen LogP contribution in [0.25, 0.3) is 0 Å². The van der Waals surface area contributed by atoms with Crippen LogP contribution in [0.5, 0.6) is 5.75 Å². The van der Waals surface area contributed by atoms with Gasteiger partial charge >= 0.3 is 0 Å². The summed E-state index contributed by atoms with van der Waals surface area (Å²) in [7, 11) is 0. The first kappa shape index (κ1) is 19.6. The van der Waals surface area contributed by atoms with Crippen molar-refractivity contribution in [3.8, 4) is 5.75 Å². The quantitative estimate of drug-likeness (QED) is 0.437. The summed E-state index contributed by atoms with van der Waals surface area (Å²) in [5.74, 6) is 1.05. The van der Waals surface area contributed by atoms with E-state index in [9.17, 15) is 4.79 Å². The summed E-state index contributed by atoms with van der Waals surface area (Å²) >= 11 is 5.89. The van der Waals surface area contributed by atoms with Crippen LogP contribution in [0.1, 0.15) is 30.2 Å². The van der Waals surface area contributed by atoms with Crippen LogP contribution < -0.4 is 15.7 Å². The van der Waals surface area contributed by atoms with E-state index in [4.69, 9.17) is 16.3 Å². The lowest BCUT2D eigenvalue weighted by Crippen LogP contribution is -2.11. The molecule has 1 aromatic heterocycles. The van der Waals surface area contributed by atoms with Gasteiger partial charge in [-0.25, -0.2) is 10.4 Å². The SMILES string of the molecule is CCCc1cc(=O)[nH]c(N/N=C/c2cccc(OCc3ccc(Cl)cc3)c2)n1. The maximum absolute atomic E-state index is 11.7. The minimum Gasteiger partial charge on any atom is -0.489 e. The van der Waals surface area contributed by atoms with Crippen LogP contribution in [-0.4, -0.2) is 16.2 Å². The zero-order chi connectivity index (χ0) is 19.8. The highest BCUT2D eigenvalue weighted by molar-refractivity contribution is 6.30. The summed E-state index contributed by atoms with van der Waals surface area (Å²) in [6, 6.07) is 16.6. The van der Waals surface area contributed by atoms with Gasteiger partial charge in [0.05, 0.1) is 6.21 Å². The van der Waals surface area contributed by atoms with Crippen molar-refractivity contribution in [2.45, 2.75) is 26.4 Å². The summed E-state index contributed by atoms with van der Waals surface area (Å²) in [6.45, 7) is 2.49. The molecule has 0 aliphatic heterocycles. The molecule has 1 heterocycles. The fraction of sp³-hybridized carbons (Fsp3) is 0.190. The smallest absolute Gasteiger partial charge is 0.252 e. The van der Waals surface area contributed by atoms with E-state index in [-0.39, 0.29) is 5.56 Å². The molecule has 7 heteroatoms. The highest BCUT2D eigenvalue weighted by Gasteiger charge is 2.00. The first-order valence-electron chi connectivity index (χ1n) is 8.99. The third kappa shape index (κ3) is 5.96. The molecule has 3 aromatic rings. The van der Waals surface area contributed by atoms with Gasteiger partial charge in [-0.05, 0) is 41.8 Å². The van der Waals surface area contributed by atoms with E-state index in [1.165, 1.54) is 6.07 Å². The maximum Gasteiger partial charge on any atom is 0.252 e. The van der Waals surface area contributed by atoms with Gasteiger partial charge in [-0.15, -0.1) is 0 Å². The van der Waals surface area contributed by atoms with Crippen molar-refractivity contribution < 1.29 is 4.74 Å². The van der Waals surface area contributed by atoms with Crippen molar-refractivity contribution in [2.75, 3.05) is 5.43 Å². The number of ether oxygens (including phenoxy) is 1. The van der Waals surface area contributed by atoms with Crippen molar-refractivity contribution in [1.29, 1.82) is 0 Å². The molecule has 0 saturated heterocycles. The molecule has 2 N–H and O–H groups in total. The largest absolute Gasteiger partial charge is 0.489 e. The fourth-order valence-electron chi connectivity index (χ4n) is 2.54. The standard InChI is InChI=1S/C21H21ClN4O2/c1-2-4-18-12-20(27)25-21(24-18)26-23-13-16-5-3-6-19(11-16)28-14-15-7-9-17(22)10-8-15/h3,5-13H,2,4,14H2,1H3,(H2,24,25,26,27)/b23-13+. The van der Waals surface area contributed by atoms with Gasteiger partial charge in [-0.3, -0.25) is 9.78 Å². The third-order valence-electron chi connectivity index (χ3n) is 3.86. The molecule has 0 unspecified atom stereocenters. The zero-order valence-electron chi connectivity index (χ0n) is 15.5. The van der Waals surface area contributed by atoms with E-state index in [2.05, 4.69) is 20.5 Å². The number of aromatic nitrogens is 2. The van der Waals surface area contributed by atoms with Crippen LogP contribution in [0.4, 0.5) is 5.95 Å². The second-order valence-electron chi connectivity index (χ2n) is 6.19. The molecule has 144 valence electrons. The van der Waals surface area contributed by atoms with Crippen LogP contribution in [0.2, 0.25) is 5.02 Å².